The fraction of sp³-hybridized carbons (Fsp3) is 0.800. The maximum atomic E-state index is 12.4. The minimum Gasteiger partial charge on any atom is -0.444 e. The maximum absolute atomic E-state index is 12.4. The molecule has 3 nitrogen and oxygen atoms in total. The molecule has 2 heterocycles. The molecule has 0 amide bonds. The molecule has 3 heteroatoms. The van der Waals surface area contributed by atoms with E-state index >= 15 is 0 Å². The van der Waals surface area contributed by atoms with E-state index in [0.29, 0.717) is 0 Å². The van der Waals surface area contributed by atoms with Crippen LogP contribution >= 0.6 is 0 Å². The van der Waals surface area contributed by atoms with Crippen molar-refractivity contribution >= 4 is 5.97 Å². The summed E-state index contributed by atoms with van der Waals surface area (Å²) in [5.74, 6) is -0.0163. The lowest BCUT2D eigenvalue weighted by Gasteiger charge is -2.35. The fourth-order valence-corrected chi connectivity index (χ4v) is 3.06. The predicted molar refractivity (Wildman–Crippen MR) is 72.1 cm³/mol. The van der Waals surface area contributed by atoms with Gasteiger partial charge in [0.25, 0.3) is 0 Å². The SMILES string of the molecule is CC(C)=CC[C@]12CCCN1[C@H](C(C)(C)C)OC2=O. The Kier molecular flexibility index (Phi) is 3.30. The molecule has 0 spiro atoms. The highest BCUT2D eigenvalue weighted by molar-refractivity contribution is 5.83. The van der Waals surface area contributed by atoms with Crippen LogP contribution in [0.5, 0.6) is 0 Å². The van der Waals surface area contributed by atoms with Gasteiger partial charge in [0, 0.05) is 12.0 Å². The van der Waals surface area contributed by atoms with E-state index in [4.69, 9.17) is 4.74 Å². The van der Waals surface area contributed by atoms with E-state index in [0.717, 1.165) is 25.8 Å². The number of cyclic esters (lactones) is 1. The van der Waals surface area contributed by atoms with Crippen LogP contribution < -0.4 is 0 Å². The Labute approximate surface area is 110 Å². The first-order valence-electron chi connectivity index (χ1n) is 6.88. The molecule has 0 unspecified atom stereocenters. The summed E-state index contributed by atoms with van der Waals surface area (Å²) in [6.07, 6.45) is 4.92. The zero-order chi connectivity index (χ0) is 13.6. The molecule has 0 N–H and O–H groups in total. The topological polar surface area (TPSA) is 29.5 Å². The van der Waals surface area contributed by atoms with E-state index < -0.39 is 0 Å². The lowest BCUT2D eigenvalue weighted by molar-refractivity contribution is -0.149. The molecule has 2 fully saturated rings. The highest BCUT2D eigenvalue weighted by atomic mass is 16.6. The molecular formula is C15H25NO2. The third-order valence-electron chi connectivity index (χ3n) is 4.01. The quantitative estimate of drug-likeness (QED) is 0.558. The molecule has 0 aromatic carbocycles. The molecule has 0 aliphatic carbocycles. The normalized spacial score (nSPS) is 32.3. The number of esters is 1. The third kappa shape index (κ3) is 2.09. The van der Waals surface area contributed by atoms with Gasteiger partial charge in [0.1, 0.15) is 5.54 Å². The lowest BCUT2D eigenvalue weighted by atomic mass is 9.89. The molecule has 2 saturated heterocycles. The summed E-state index contributed by atoms with van der Waals surface area (Å²) in [5, 5.41) is 0. The van der Waals surface area contributed by atoms with Crippen LogP contribution in [0.3, 0.4) is 0 Å². The van der Waals surface area contributed by atoms with Gasteiger partial charge in [0.15, 0.2) is 6.23 Å². The molecule has 2 aliphatic heterocycles. The Morgan fingerprint density at radius 2 is 2.17 bits per heavy atom. The van der Waals surface area contributed by atoms with Crippen molar-refractivity contribution in [1.82, 2.24) is 4.90 Å². The molecule has 0 bridgehead atoms. The lowest BCUT2D eigenvalue weighted by Crippen LogP contribution is -2.48. The van der Waals surface area contributed by atoms with Crippen molar-refractivity contribution in [3.63, 3.8) is 0 Å². The van der Waals surface area contributed by atoms with Gasteiger partial charge in [-0.25, -0.2) is 4.79 Å². The van der Waals surface area contributed by atoms with Gasteiger partial charge in [-0.2, -0.15) is 0 Å². The van der Waals surface area contributed by atoms with Gasteiger partial charge in [-0.3, -0.25) is 4.90 Å². The Balaban J connectivity index is 2.29. The first-order chi connectivity index (χ1) is 8.27. The van der Waals surface area contributed by atoms with Crippen molar-refractivity contribution < 1.29 is 9.53 Å². The van der Waals surface area contributed by atoms with Gasteiger partial charge < -0.3 is 4.74 Å². The zero-order valence-corrected chi connectivity index (χ0v) is 12.2. The summed E-state index contributed by atoms with van der Waals surface area (Å²) in [6, 6.07) is 0. The second-order valence-electron chi connectivity index (χ2n) is 6.94. The van der Waals surface area contributed by atoms with Gasteiger partial charge >= 0.3 is 5.97 Å². The highest BCUT2D eigenvalue weighted by Gasteiger charge is 2.59. The summed E-state index contributed by atoms with van der Waals surface area (Å²) >= 11 is 0. The number of fused-ring (bicyclic) bond motifs is 1. The monoisotopic (exact) mass is 251 g/mol. The van der Waals surface area contributed by atoms with E-state index in [9.17, 15) is 4.79 Å². The fourth-order valence-electron chi connectivity index (χ4n) is 3.06. The minimum atomic E-state index is -0.380. The van der Waals surface area contributed by atoms with E-state index in [1.165, 1.54) is 5.57 Å². The third-order valence-corrected chi connectivity index (χ3v) is 4.01. The largest absolute Gasteiger partial charge is 0.444 e. The molecule has 2 rings (SSSR count). The highest BCUT2D eigenvalue weighted by Crippen LogP contribution is 2.45. The molecular weight excluding hydrogens is 226 g/mol. The molecule has 0 radical (unpaired) electrons. The predicted octanol–water partition coefficient (Wildman–Crippen LogP) is 3.11. The number of carbonyl (C=O) groups is 1. The van der Waals surface area contributed by atoms with Crippen molar-refractivity contribution in [2.24, 2.45) is 5.41 Å². The Hall–Kier alpha value is -0.830. The summed E-state index contributed by atoms with van der Waals surface area (Å²) in [7, 11) is 0. The molecule has 2 aliphatic rings. The second kappa shape index (κ2) is 4.37. The van der Waals surface area contributed by atoms with Crippen LogP contribution in [0.15, 0.2) is 11.6 Å². The number of ether oxygens (including phenoxy) is 1. The van der Waals surface area contributed by atoms with E-state index in [1.807, 2.05) is 0 Å². The number of hydrogen-bond acceptors (Lipinski definition) is 3. The first kappa shape index (κ1) is 13.6. The zero-order valence-electron chi connectivity index (χ0n) is 12.2. The Morgan fingerprint density at radius 1 is 1.50 bits per heavy atom. The van der Waals surface area contributed by atoms with Crippen molar-refractivity contribution in [3.05, 3.63) is 11.6 Å². The van der Waals surface area contributed by atoms with Gasteiger partial charge in [-0.1, -0.05) is 32.4 Å². The molecule has 0 aromatic heterocycles. The van der Waals surface area contributed by atoms with E-state index in [-0.39, 0.29) is 23.2 Å². The minimum absolute atomic E-state index is 0.0163. The summed E-state index contributed by atoms with van der Waals surface area (Å²) in [5.41, 5.74) is 0.866. The second-order valence-corrected chi connectivity index (χ2v) is 6.94. The number of nitrogens with zero attached hydrogens (tertiary/aromatic N) is 1. The molecule has 0 aromatic rings. The summed E-state index contributed by atoms with van der Waals surface area (Å²) in [6.45, 7) is 11.6. The first-order valence-corrected chi connectivity index (χ1v) is 6.88. The van der Waals surface area contributed by atoms with Crippen LogP contribution in [0, 0.1) is 5.41 Å². The Bertz CT molecular complexity index is 376. The van der Waals surface area contributed by atoms with Crippen LogP contribution in [0.25, 0.3) is 0 Å². The van der Waals surface area contributed by atoms with Crippen LogP contribution in [0.2, 0.25) is 0 Å². The average molecular weight is 251 g/mol. The van der Waals surface area contributed by atoms with Gasteiger partial charge in [0.05, 0.1) is 0 Å². The number of allylic oxidation sites excluding steroid dienone is 1. The Morgan fingerprint density at radius 3 is 2.72 bits per heavy atom. The van der Waals surface area contributed by atoms with Gasteiger partial charge in [0.2, 0.25) is 0 Å². The van der Waals surface area contributed by atoms with Crippen molar-refractivity contribution in [3.8, 4) is 0 Å². The van der Waals surface area contributed by atoms with Crippen molar-refractivity contribution in [2.75, 3.05) is 6.54 Å². The molecule has 102 valence electrons. The van der Waals surface area contributed by atoms with Gasteiger partial charge in [-0.15, -0.1) is 0 Å². The van der Waals surface area contributed by atoms with Crippen LogP contribution in [0.1, 0.15) is 53.9 Å². The number of carbonyl (C=O) groups excluding carboxylic acids is 1. The number of hydrogen-bond donors (Lipinski definition) is 0. The van der Waals surface area contributed by atoms with Crippen molar-refractivity contribution in [2.45, 2.75) is 65.6 Å². The van der Waals surface area contributed by atoms with Crippen LogP contribution in [0.4, 0.5) is 0 Å². The molecule has 0 saturated carbocycles. The smallest absolute Gasteiger partial charge is 0.328 e. The van der Waals surface area contributed by atoms with Crippen LogP contribution in [-0.4, -0.2) is 29.2 Å². The molecule has 18 heavy (non-hydrogen) atoms. The van der Waals surface area contributed by atoms with Crippen LogP contribution in [-0.2, 0) is 9.53 Å². The number of rotatable bonds is 2. The standard InChI is InChI=1S/C15H25NO2/c1-11(2)7-9-15-8-6-10-16(15)12(14(3,4)5)18-13(15)17/h7,12H,6,8-10H2,1-5H3/t12-,15-/m0/s1. The maximum Gasteiger partial charge on any atom is 0.328 e. The van der Waals surface area contributed by atoms with E-state index in [2.05, 4.69) is 45.6 Å². The van der Waals surface area contributed by atoms with Gasteiger partial charge in [-0.05, 0) is 33.1 Å². The summed E-state index contributed by atoms with van der Waals surface area (Å²) < 4.78 is 5.69. The summed E-state index contributed by atoms with van der Waals surface area (Å²) in [4.78, 5) is 14.7. The van der Waals surface area contributed by atoms with Crippen molar-refractivity contribution in [1.29, 1.82) is 0 Å². The van der Waals surface area contributed by atoms with E-state index in [1.54, 1.807) is 0 Å². The molecule has 2 atom stereocenters. The average Bonchev–Trinajstić information content (AvgIpc) is 2.74.